The zero-order valence-electron chi connectivity index (χ0n) is 16.8. The highest BCUT2D eigenvalue weighted by Crippen LogP contribution is 2.22. The Labute approximate surface area is 162 Å². The lowest BCUT2D eigenvalue weighted by atomic mass is 9.90. The number of nitrogens with zero attached hydrogens (tertiary/aromatic N) is 3. The largest absolute Gasteiger partial charge is 0.316 e. The summed E-state index contributed by atoms with van der Waals surface area (Å²) in [5.74, 6) is 0.737. The van der Waals surface area contributed by atoms with Gasteiger partial charge in [-0.2, -0.15) is 5.10 Å². The van der Waals surface area contributed by atoms with Crippen molar-refractivity contribution in [3.8, 4) is 0 Å². The van der Waals surface area contributed by atoms with Gasteiger partial charge in [0.1, 0.15) is 4.90 Å². The molecule has 0 bridgehead atoms. The Morgan fingerprint density at radius 1 is 1.15 bits per heavy atom. The molecule has 0 aliphatic carbocycles. The van der Waals surface area contributed by atoms with Crippen LogP contribution in [-0.4, -0.2) is 49.7 Å². The van der Waals surface area contributed by atoms with Crippen LogP contribution in [0.2, 0.25) is 0 Å². The number of quaternary nitrogens is 1. The Balaban J connectivity index is 1.63. The molecule has 6 nitrogen and oxygen atoms in total. The number of piperidine rings is 1. The number of rotatable bonds is 6. The summed E-state index contributed by atoms with van der Waals surface area (Å²) in [5.41, 5.74) is 2.74. The molecule has 0 amide bonds. The fourth-order valence-electron chi connectivity index (χ4n) is 4.00. The van der Waals surface area contributed by atoms with Gasteiger partial charge in [0.2, 0.25) is 10.0 Å². The second kappa shape index (κ2) is 8.12. The van der Waals surface area contributed by atoms with E-state index in [1.54, 1.807) is 21.0 Å². The first kappa shape index (κ1) is 20.0. The van der Waals surface area contributed by atoms with Gasteiger partial charge < -0.3 is 4.90 Å². The van der Waals surface area contributed by atoms with Crippen LogP contribution in [0.3, 0.4) is 0 Å². The standard InChI is InChI=1S/C20H30N4O2S/c1-16-20(27(25,26)22(3)4)17(2)24(21-16)15-23-12-10-19(11-13-23)14-18-8-6-5-7-9-18/h5-9,19H,10-15H2,1-4H3/p+1. The van der Waals surface area contributed by atoms with Crippen molar-refractivity contribution in [2.45, 2.75) is 44.7 Å². The van der Waals surface area contributed by atoms with Crippen molar-refractivity contribution in [1.29, 1.82) is 0 Å². The third-order valence-corrected chi connectivity index (χ3v) is 7.67. The smallest absolute Gasteiger partial charge is 0.246 e. The lowest BCUT2D eigenvalue weighted by molar-refractivity contribution is -0.929. The molecular formula is C20H31N4O2S+. The first-order valence-electron chi connectivity index (χ1n) is 9.63. The van der Waals surface area contributed by atoms with Crippen LogP contribution in [-0.2, 0) is 23.1 Å². The number of likely N-dealkylation sites (tertiary alicyclic amines) is 1. The minimum absolute atomic E-state index is 0.353. The quantitative estimate of drug-likeness (QED) is 0.806. The molecule has 1 N–H and O–H groups in total. The molecule has 2 aromatic rings. The van der Waals surface area contributed by atoms with Crippen LogP contribution >= 0.6 is 0 Å². The molecule has 3 rings (SSSR count). The Kier molecular flexibility index (Phi) is 6.03. The Bertz CT molecular complexity index is 867. The van der Waals surface area contributed by atoms with Gasteiger partial charge in [0.25, 0.3) is 0 Å². The molecular weight excluding hydrogens is 360 g/mol. The molecule has 2 heterocycles. The summed E-state index contributed by atoms with van der Waals surface area (Å²) in [5, 5.41) is 4.53. The summed E-state index contributed by atoms with van der Waals surface area (Å²) in [4.78, 5) is 1.82. The topological polar surface area (TPSA) is 59.6 Å². The molecule has 27 heavy (non-hydrogen) atoms. The maximum absolute atomic E-state index is 12.6. The lowest BCUT2D eigenvalue weighted by Gasteiger charge is -2.29. The fraction of sp³-hybridized carbons (Fsp3) is 0.550. The summed E-state index contributed by atoms with van der Waals surface area (Å²) in [6.45, 7) is 6.57. The van der Waals surface area contributed by atoms with Gasteiger partial charge in [0.05, 0.1) is 24.5 Å². The maximum atomic E-state index is 12.6. The predicted molar refractivity (Wildman–Crippen MR) is 106 cm³/mol. The number of sulfonamides is 1. The van der Waals surface area contributed by atoms with Gasteiger partial charge >= 0.3 is 0 Å². The number of hydrogen-bond acceptors (Lipinski definition) is 3. The molecule has 0 atom stereocenters. The number of benzene rings is 1. The molecule has 0 radical (unpaired) electrons. The van der Waals surface area contributed by atoms with Crippen LogP contribution in [0.15, 0.2) is 35.2 Å². The predicted octanol–water partition coefficient (Wildman–Crippen LogP) is 1.25. The molecule has 0 unspecified atom stereocenters. The zero-order valence-corrected chi connectivity index (χ0v) is 17.6. The van der Waals surface area contributed by atoms with Crippen LogP contribution < -0.4 is 4.90 Å². The van der Waals surface area contributed by atoms with E-state index in [1.807, 2.05) is 11.6 Å². The van der Waals surface area contributed by atoms with Crippen LogP contribution in [0, 0.1) is 19.8 Å². The van der Waals surface area contributed by atoms with Gasteiger partial charge in [-0.25, -0.2) is 17.4 Å². The molecule has 1 fully saturated rings. The monoisotopic (exact) mass is 391 g/mol. The van der Waals surface area contributed by atoms with Crippen LogP contribution in [0.1, 0.15) is 29.8 Å². The minimum Gasteiger partial charge on any atom is -0.316 e. The summed E-state index contributed by atoms with van der Waals surface area (Å²) in [6.07, 6.45) is 3.55. The highest BCUT2D eigenvalue weighted by molar-refractivity contribution is 7.89. The van der Waals surface area contributed by atoms with Crippen molar-refractivity contribution in [1.82, 2.24) is 14.1 Å². The normalized spacial score (nSPS) is 20.9. The van der Waals surface area contributed by atoms with E-state index in [2.05, 4.69) is 35.4 Å². The average molecular weight is 392 g/mol. The average Bonchev–Trinajstić information content (AvgIpc) is 2.91. The molecule has 0 saturated carbocycles. The van der Waals surface area contributed by atoms with Gasteiger partial charge in [0.15, 0.2) is 6.67 Å². The van der Waals surface area contributed by atoms with Crippen molar-refractivity contribution in [2.75, 3.05) is 27.2 Å². The summed E-state index contributed by atoms with van der Waals surface area (Å²) < 4.78 is 28.3. The van der Waals surface area contributed by atoms with E-state index in [-0.39, 0.29) is 0 Å². The van der Waals surface area contributed by atoms with E-state index in [0.717, 1.165) is 37.8 Å². The van der Waals surface area contributed by atoms with Crippen LogP contribution in [0.25, 0.3) is 0 Å². The Morgan fingerprint density at radius 2 is 1.78 bits per heavy atom. The molecule has 1 saturated heterocycles. The molecule has 1 aliphatic rings. The maximum Gasteiger partial charge on any atom is 0.246 e. The van der Waals surface area contributed by atoms with E-state index >= 15 is 0 Å². The summed E-state index contributed by atoms with van der Waals surface area (Å²) in [7, 11) is -0.333. The minimum atomic E-state index is -3.46. The van der Waals surface area contributed by atoms with Crippen LogP contribution in [0.4, 0.5) is 0 Å². The number of hydrogen-bond donors (Lipinski definition) is 1. The summed E-state index contributed by atoms with van der Waals surface area (Å²) >= 11 is 0. The van der Waals surface area contributed by atoms with Crippen molar-refractivity contribution in [3.05, 3.63) is 47.3 Å². The molecule has 1 aromatic heterocycles. The van der Waals surface area contributed by atoms with E-state index in [9.17, 15) is 8.42 Å². The van der Waals surface area contributed by atoms with Crippen molar-refractivity contribution < 1.29 is 13.3 Å². The number of aromatic nitrogens is 2. The van der Waals surface area contributed by atoms with Crippen molar-refractivity contribution in [3.63, 3.8) is 0 Å². The van der Waals surface area contributed by atoms with E-state index in [4.69, 9.17) is 0 Å². The first-order valence-corrected chi connectivity index (χ1v) is 11.1. The van der Waals surface area contributed by atoms with Gasteiger partial charge in [-0.15, -0.1) is 0 Å². The Morgan fingerprint density at radius 3 is 2.37 bits per heavy atom. The second-order valence-electron chi connectivity index (χ2n) is 7.83. The second-order valence-corrected chi connectivity index (χ2v) is 9.92. The summed E-state index contributed by atoms with van der Waals surface area (Å²) in [6, 6.07) is 10.7. The third-order valence-electron chi connectivity index (χ3n) is 5.61. The van der Waals surface area contributed by atoms with Gasteiger partial charge in [-0.3, -0.25) is 0 Å². The van der Waals surface area contributed by atoms with Gasteiger partial charge in [0, 0.05) is 14.1 Å². The highest BCUT2D eigenvalue weighted by Gasteiger charge is 2.29. The molecule has 148 valence electrons. The number of nitrogens with one attached hydrogen (secondary N) is 1. The SMILES string of the molecule is Cc1nn(C[NH+]2CCC(Cc3ccccc3)CC2)c(C)c1S(=O)(=O)N(C)C. The van der Waals surface area contributed by atoms with E-state index < -0.39 is 10.0 Å². The molecule has 1 aliphatic heterocycles. The van der Waals surface area contributed by atoms with E-state index in [1.165, 1.54) is 27.6 Å². The van der Waals surface area contributed by atoms with Crippen molar-refractivity contribution >= 4 is 10.0 Å². The highest BCUT2D eigenvalue weighted by atomic mass is 32.2. The third kappa shape index (κ3) is 4.42. The fourth-order valence-corrected chi connectivity index (χ4v) is 5.26. The van der Waals surface area contributed by atoms with Gasteiger partial charge in [-0.05, 0) is 44.6 Å². The first-order chi connectivity index (χ1) is 12.8. The molecule has 7 heteroatoms. The van der Waals surface area contributed by atoms with Crippen molar-refractivity contribution in [2.24, 2.45) is 5.92 Å². The van der Waals surface area contributed by atoms with Gasteiger partial charge in [-0.1, -0.05) is 30.3 Å². The zero-order chi connectivity index (χ0) is 19.6. The lowest BCUT2D eigenvalue weighted by Crippen LogP contribution is -3.12. The number of aryl methyl sites for hydroxylation is 1. The Hall–Kier alpha value is -1.70. The molecule has 0 spiro atoms. The van der Waals surface area contributed by atoms with E-state index in [0.29, 0.717) is 10.6 Å². The molecule has 1 aromatic carbocycles. The van der Waals surface area contributed by atoms with Crippen LogP contribution in [0.5, 0.6) is 0 Å².